The van der Waals surface area contributed by atoms with E-state index in [0.717, 1.165) is 26.2 Å². The Labute approximate surface area is 84.7 Å². The van der Waals surface area contributed by atoms with E-state index in [1.807, 2.05) is 34.7 Å². The van der Waals surface area contributed by atoms with E-state index in [9.17, 15) is 0 Å². The first-order valence-electron chi connectivity index (χ1n) is 5.34. The van der Waals surface area contributed by atoms with Crippen LogP contribution in [0, 0.1) is 0 Å². The fourth-order valence-electron chi connectivity index (χ4n) is 0.635. The van der Waals surface area contributed by atoms with E-state index in [1.165, 1.54) is 0 Å². The smallest absolute Gasteiger partial charge is 0.0104 e. The molecule has 0 aliphatic carbocycles. The molecule has 0 radical (unpaired) electrons. The Kier molecular flexibility index (Phi) is 32.4. The predicted octanol–water partition coefficient (Wildman–Crippen LogP) is 1.15. The number of hydrogen-bond donors (Lipinski definition) is 2. The fraction of sp³-hybridized carbons (Fsp3) is 1.00. The van der Waals surface area contributed by atoms with Gasteiger partial charge >= 0.3 is 0 Å². The lowest BCUT2D eigenvalue weighted by molar-refractivity contribution is 0.344. The van der Waals surface area contributed by atoms with Gasteiger partial charge in [0.05, 0.1) is 0 Å². The highest BCUT2D eigenvalue weighted by molar-refractivity contribution is 4.51. The molecule has 0 aromatic heterocycles. The number of nitrogens with one attached hydrogen (secondary N) is 1. The van der Waals surface area contributed by atoms with Crippen molar-refractivity contribution in [3.05, 3.63) is 0 Å². The minimum atomic E-state index is 0.750. The van der Waals surface area contributed by atoms with Crippen molar-refractivity contribution in [2.45, 2.75) is 27.7 Å². The Bertz CT molecular complexity index is 58.1. The summed E-state index contributed by atoms with van der Waals surface area (Å²) in [7, 11) is 4.03. The van der Waals surface area contributed by atoms with E-state index in [1.54, 1.807) is 0 Å². The zero-order valence-electron chi connectivity index (χ0n) is 10.4. The third-order valence-electron chi connectivity index (χ3n) is 1.25. The van der Waals surface area contributed by atoms with Gasteiger partial charge in [0.2, 0.25) is 0 Å². The number of rotatable bonds is 5. The van der Waals surface area contributed by atoms with E-state index in [-0.39, 0.29) is 0 Å². The summed E-state index contributed by atoms with van der Waals surface area (Å²) in [6.45, 7) is 11.9. The lowest BCUT2D eigenvalue weighted by atomic mass is 10.5. The van der Waals surface area contributed by atoms with Crippen LogP contribution in [0.1, 0.15) is 27.7 Å². The van der Waals surface area contributed by atoms with E-state index in [4.69, 9.17) is 5.73 Å². The van der Waals surface area contributed by atoms with Crippen molar-refractivity contribution in [1.29, 1.82) is 0 Å². The molecule has 0 fully saturated rings. The molecule has 0 heterocycles. The van der Waals surface area contributed by atoms with Gasteiger partial charge in [0.25, 0.3) is 0 Å². The Hall–Kier alpha value is -0.120. The molecule has 0 spiro atoms. The van der Waals surface area contributed by atoms with E-state index in [2.05, 4.69) is 17.3 Å². The summed E-state index contributed by atoms with van der Waals surface area (Å²) in [6.07, 6.45) is 0. The Morgan fingerprint density at radius 3 is 1.85 bits per heavy atom. The van der Waals surface area contributed by atoms with Crippen LogP contribution < -0.4 is 11.1 Å². The second kappa shape index (κ2) is 22.6. The summed E-state index contributed by atoms with van der Waals surface area (Å²) >= 11 is 0. The summed E-state index contributed by atoms with van der Waals surface area (Å²) < 4.78 is 0. The Morgan fingerprint density at radius 1 is 1.08 bits per heavy atom. The molecule has 0 saturated carbocycles. The zero-order chi connectivity index (χ0) is 11.1. The predicted molar refractivity (Wildman–Crippen MR) is 63.2 cm³/mol. The van der Waals surface area contributed by atoms with E-state index >= 15 is 0 Å². The first-order chi connectivity index (χ1) is 6.31. The van der Waals surface area contributed by atoms with Crippen LogP contribution in [0.3, 0.4) is 0 Å². The molecule has 13 heavy (non-hydrogen) atoms. The first-order valence-corrected chi connectivity index (χ1v) is 5.34. The van der Waals surface area contributed by atoms with Gasteiger partial charge in [-0.05, 0) is 14.1 Å². The van der Waals surface area contributed by atoms with E-state index in [0.29, 0.717) is 0 Å². The van der Waals surface area contributed by atoms with Gasteiger partial charge in [0.15, 0.2) is 0 Å². The van der Waals surface area contributed by atoms with Crippen LogP contribution in [0.15, 0.2) is 0 Å². The SMILES string of the molecule is CC.CC.CNCCN(C)CCN. The molecule has 0 aliphatic rings. The molecule has 0 aliphatic heterocycles. The van der Waals surface area contributed by atoms with Crippen molar-refractivity contribution in [1.82, 2.24) is 10.2 Å². The molecule has 3 N–H and O–H groups in total. The number of likely N-dealkylation sites (N-methyl/N-ethyl adjacent to an activating group) is 2. The molecule has 0 aromatic carbocycles. The maximum atomic E-state index is 5.34. The van der Waals surface area contributed by atoms with Gasteiger partial charge in [-0.25, -0.2) is 0 Å². The van der Waals surface area contributed by atoms with Gasteiger partial charge in [0.1, 0.15) is 0 Å². The molecular weight excluding hydrogens is 162 g/mol. The van der Waals surface area contributed by atoms with Crippen molar-refractivity contribution in [2.75, 3.05) is 40.3 Å². The average molecular weight is 191 g/mol. The van der Waals surface area contributed by atoms with Crippen LogP contribution in [0.2, 0.25) is 0 Å². The van der Waals surface area contributed by atoms with Crippen LogP contribution in [0.4, 0.5) is 0 Å². The standard InChI is InChI=1S/C6H17N3.2C2H6/c1-8-4-6-9(2)5-3-7;2*1-2/h8H,3-7H2,1-2H3;2*1-2H3. The largest absolute Gasteiger partial charge is 0.329 e. The first kappa shape index (κ1) is 18.6. The third-order valence-corrected chi connectivity index (χ3v) is 1.25. The fourth-order valence-corrected chi connectivity index (χ4v) is 0.635. The van der Waals surface area contributed by atoms with Gasteiger partial charge in [-0.1, -0.05) is 27.7 Å². The third kappa shape index (κ3) is 24.5. The van der Waals surface area contributed by atoms with Gasteiger partial charge in [-0.2, -0.15) is 0 Å². The highest BCUT2D eigenvalue weighted by Crippen LogP contribution is 1.75. The summed E-state index contributed by atoms with van der Waals surface area (Å²) in [5.74, 6) is 0. The van der Waals surface area contributed by atoms with Crippen LogP contribution >= 0.6 is 0 Å². The van der Waals surface area contributed by atoms with Gasteiger partial charge < -0.3 is 16.0 Å². The Balaban J connectivity index is -0.000000218. The average Bonchev–Trinajstić information content (AvgIpc) is 2.21. The zero-order valence-corrected chi connectivity index (χ0v) is 10.4. The van der Waals surface area contributed by atoms with Crippen LogP contribution in [-0.2, 0) is 0 Å². The van der Waals surface area contributed by atoms with Gasteiger partial charge in [-0.3, -0.25) is 0 Å². The van der Waals surface area contributed by atoms with Crippen molar-refractivity contribution in [2.24, 2.45) is 5.73 Å². The molecule has 0 unspecified atom stereocenters. The molecule has 0 amide bonds. The Morgan fingerprint density at radius 2 is 1.54 bits per heavy atom. The molecule has 0 bridgehead atoms. The lowest BCUT2D eigenvalue weighted by Crippen LogP contribution is -2.31. The monoisotopic (exact) mass is 191 g/mol. The summed E-state index contributed by atoms with van der Waals surface area (Å²) in [6, 6.07) is 0. The molecule has 0 saturated heterocycles. The van der Waals surface area contributed by atoms with Crippen molar-refractivity contribution in [3.8, 4) is 0 Å². The molecule has 0 rings (SSSR count). The second-order valence-corrected chi connectivity index (χ2v) is 2.20. The second-order valence-electron chi connectivity index (χ2n) is 2.20. The molecule has 3 nitrogen and oxygen atoms in total. The number of nitrogens with zero attached hydrogens (tertiary/aromatic N) is 1. The van der Waals surface area contributed by atoms with Crippen LogP contribution in [0.25, 0.3) is 0 Å². The van der Waals surface area contributed by atoms with E-state index < -0.39 is 0 Å². The van der Waals surface area contributed by atoms with Crippen molar-refractivity contribution < 1.29 is 0 Å². The quantitative estimate of drug-likeness (QED) is 0.685. The van der Waals surface area contributed by atoms with Gasteiger partial charge in [-0.15, -0.1) is 0 Å². The minimum Gasteiger partial charge on any atom is -0.329 e. The van der Waals surface area contributed by atoms with Gasteiger partial charge in [0, 0.05) is 26.2 Å². The normalized spacial score (nSPS) is 8.31. The lowest BCUT2D eigenvalue weighted by Gasteiger charge is -2.13. The number of nitrogens with two attached hydrogens (primary N) is 1. The summed E-state index contributed by atoms with van der Waals surface area (Å²) in [5, 5.41) is 3.07. The van der Waals surface area contributed by atoms with Crippen molar-refractivity contribution in [3.63, 3.8) is 0 Å². The van der Waals surface area contributed by atoms with Crippen molar-refractivity contribution >= 4 is 0 Å². The highest BCUT2D eigenvalue weighted by Gasteiger charge is 1.92. The maximum absolute atomic E-state index is 5.34. The molecule has 3 heteroatoms. The molecular formula is C10H29N3. The number of hydrogen-bond acceptors (Lipinski definition) is 3. The molecule has 0 atom stereocenters. The van der Waals surface area contributed by atoms with Crippen LogP contribution in [-0.4, -0.2) is 45.2 Å². The topological polar surface area (TPSA) is 41.3 Å². The highest BCUT2D eigenvalue weighted by atomic mass is 15.1. The summed E-state index contributed by atoms with van der Waals surface area (Å²) in [4.78, 5) is 2.20. The molecule has 84 valence electrons. The molecule has 0 aromatic rings. The van der Waals surface area contributed by atoms with Crippen LogP contribution in [0.5, 0.6) is 0 Å². The minimum absolute atomic E-state index is 0.750. The maximum Gasteiger partial charge on any atom is 0.0104 e. The summed E-state index contributed by atoms with van der Waals surface area (Å²) in [5.41, 5.74) is 5.34.